The second kappa shape index (κ2) is 15.5. The summed E-state index contributed by atoms with van der Waals surface area (Å²) >= 11 is 0. The molecule has 3 aromatic rings. The number of carbonyl (C=O) groups is 3. The SMILES string of the molecule is COc1ccnc(C(=O)N[C@H]2CCC[C@H](OCc3ccccc3)[C@@H](Oc3ccccc3)[C@H](C)OC2=O)c1OCOC(C)=O. The van der Waals surface area contributed by atoms with E-state index in [0.29, 0.717) is 25.2 Å². The molecule has 4 rings (SSSR count). The van der Waals surface area contributed by atoms with Gasteiger partial charge in [0.2, 0.25) is 6.79 Å². The molecule has 1 amide bonds. The molecule has 0 saturated carbocycles. The van der Waals surface area contributed by atoms with Crippen LogP contribution in [-0.4, -0.2) is 61.1 Å². The maximum absolute atomic E-state index is 13.4. The molecule has 0 bridgehead atoms. The first-order chi connectivity index (χ1) is 20.9. The van der Waals surface area contributed by atoms with Gasteiger partial charge in [0.1, 0.15) is 17.9 Å². The highest BCUT2D eigenvalue weighted by molar-refractivity contribution is 5.98. The Morgan fingerprint density at radius 1 is 1.02 bits per heavy atom. The lowest BCUT2D eigenvalue weighted by atomic mass is 10.0. The van der Waals surface area contributed by atoms with Gasteiger partial charge >= 0.3 is 11.9 Å². The van der Waals surface area contributed by atoms with Crippen LogP contribution in [0.15, 0.2) is 72.9 Å². The number of ether oxygens (including phenoxy) is 6. The molecule has 228 valence electrons. The number of amides is 1. The molecular formula is C32H36N2O9. The average molecular weight is 593 g/mol. The van der Waals surface area contributed by atoms with Crippen molar-refractivity contribution < 1.29 is 42.8 Å². The van der Waals surface area contributed by atoms with Crippen LogP contribution >= 0.6 is 0 Å². The molecule has 1 saturated heterocycles. The van der Waals surface area contributed by atoms with Gasteiger partial charge in [-0.25, -0.2) is 9.78 Å². The van der Waals surface area contributed by atoms with Crippen molar-refractivity contribution in [2.45, 2.75) is 64.1 Å². The number of benzene rings is 2. The summed E-state index contributed by atoms with van der Waals surface area (Å²) in [7, 11) is 1.40. The molecule has 43 heavy (non-hydrogen) atoms. The summed E-state index contributed by atoms with van der Waals surface area (Å²) in [5.41, 5.74) is 0.870. The van der Waals surface area contributed by atoms with Crippen molar-refractivity contribution in [3.8, 4) is 17.2 Å². The molecule has 1 aliphatic rings. The van der Waals surface area contributed by atoms with Gasteiger partial charge in [0.15, 0.2) is 23.3 Å². The quantitative estimate of drug-likeness (QED) is 0.255. The van der Waals surface area contributed by atoms with E-state index < -0.39 is 49.0 Å². The van der Waals surface area contributed by atoms with Crippen LogP contribution in [0.3, 0.4) is 0 Å². The second-order valence-corrected chi connectivity index (χ2v) is 9.92. The first-order valence-corrected chi connectivity index (χ1v) is 14.0. The number of nitrogens with one attached hydrogen (secondary N) is 1. The van der Waals surface area contributed by atoms with E-state index in [1.165, 1.54) is 26.3 Å². The summed E-state index contributed by atoms with van der Waals surface area (Å²) in [4.78, 5) is 42.0. The maximum atomic E-state index is 13.4. The summed E-state index contributed by atoms with van der Waals surface area (Å²) in [5.74, 6) is -1.05. The predicted molar refractivity (Wildman–Crippen MR) is 155 cm³/mol. The van der Waals surface area contributed by atoms with Crippen LogP contribution in [0.2, 0.25) is 0 Å². The molecule has 11 heteroatoms. The monoisotopic (exact) mass is 592 g/mol. The Kier molecular flexibility index (Phi) is 11.3. The zero-order valence-electron chi connectivity index (χ0n) is 24.4. The molecule has 2 aromatic carbocycles. The van der Waals surface area contributed by atoms with E-state index in [0.717, 1.165) is 5.56 Å². The van der Waals surface area contributed by atoms with E-state index in [2.05, 4.69) is 10.3 Å². The number of pyridine rings is 1. The zero-order valence-corrected chi connectivity index (χ0v) is 24.4. The summed E-state index contributed by atoms with van der Waals surface area (Å²) in [5, 5.41) is 2.73. The van der Waals surface area contributed by atoms with E-state index in [4.69, 9.17) is 28.4 Å². The molecule has 0 spiro atoms. The second-order valence-electron chi connectivity index (χ2n) is 9.92. The summed E-state index contributed by atoms with van der Waals surface area (Å²) in [6, 6.07) is 19.6. The average Bonchev–Trinajstić information content (AvgIpc) is 3.06. The number of nitrogens with zero attached hydrogens (tertiary/aromatic N) is 1. The van der Waals surface area contributed by atoms with E-state index in [9.17, 15) is 14.4 Å². The predicted octanol–water partition coefficient (Wildman–Crippen LogP) is 4.24. The standard InChI is InChI=1S/C32H36N2O9/c1-21-29(43-24-13-8-5-9-14-24)27(39-19-23-11-6-4-7-12-23)16-10-15-25(32(37)42-21)34-31(36)28-30(41-20-40-22(2)35)26(38-3)17-18-33-28/h4-9,11-14,17-18,21,25,27,29H,10,15-16,19-20H2,1-3H3,(H,34,36)/t21-,25-,27-,29-/m0/s1. The third-order valence-electron chi connectivity index (χ3n) is 6.79. The van der Waals surface area contributed by atoms with Crippen LogP contribution in [-0.2, 0) is 30.4 Å². The Bertz CT molecular complexity index is 1350. The molecule has 1 aliphatic heterocycles. The Morgan fingerprint density at radius 3 is 2.44 bits per heavy atom. The van der Waals surface area contributed by atoms with E-state index in [1.54, 1.807) is 6.92 Å². The minimum absolute atomic E-state index is 0.0285. The third-order valence-corrected chi connectivity index (χ3v) is 6.79. The van der Waals surface area contributed by atoms with Crippen molar-refractivity contribution >= 4 is 17.8 Å². The van der Waals surface area contributed by atoms with Crippen molar-refractivity contribution in [2.75, 3.05) is 13.9 Å². The number of para-hydroxylation sites is 1. The minimum atomic E-state index is -0.977. The number of hydrogen-bond donors (Lipinski definition) is 1. The molecule has 0 unspecified atom stereocenters. The van der Waals surface area contributed by atoms with Crippen molar-refractivity contribution in [1.82, 2.24) is 10.3 Å². The van der Waals surface area contributed by atoms with Gasteiger partial charge in [-0.15, -0.1) is 0 Å². The molecule has 1 N–H and O–H groups in total. The van der Waals surface area contributed by atoms with Crippen molar-refractivity contribution in [3.05, 3.63) is 84.2 Å². The van der Waals surface area contributed by atoms with Gasteiger partial charge in [-0.1, -0.05) is 48.5 Å². The van der Waals surface area contributed by atoms with Gasteiger partial charge in [0.05, 0.1) is 19.8 Å². The van der Waals surface area contributed by atoms with Crippen LogP contribution in [0.1, 0.15) is 49.2 Å². The van der Waals surface area contributed by atoms with Crippen LogP contribution in [0.25, 0.3) is 0 Å². The lowest BCUT2D eigenvalue weighted by molar-refractivity contribution is -0.160. The van der Waals surface area contributed by atoms with Gasteiger partial charge in [0, 0.05) is 19.2 Å². The molecule has 1 aromatic heterocycles. The van der Waals surface area contributed by atoms with Crippen molar-refractivity contribution in [2.24, 2.45) is 0 Å². The maximum Gasteiger partial charge on any atom is 0.329 e. The van der Waals surface area contributed by atoms with Crippen LogP contribution in [0.5, 0.6) is 17.2 Å². The Morgan fingerprint density at radius 2 is 1.74 bits per heavy atom. The van der Waals surface area contributed by atoms with E-state index in [1.807, 2.05) is 60.7 Å². The Labute approximate surface area is 250 Å². The Hall–Kier alpha value is -4.64. The van der Waals surface area contributed by atoms with Gasteiger partial charge in [-0.3, -0.25) is 9.59 Å². The minimum Gasteiger partial charge on any atom is -0.493 e. The number of methoxy groups -OCH3 is 1. The number of aromatic nitrogens is 1. The molecule has 1 fully saturated rings. The normalized spacial score (nSPS) is 20.4. The first kappa shape index (κ1) is 31.3. The fraction of sp³-hybridized carbons (Fsp3) is 0.375. The van der Waals surface area contributed by atoms with Crippen molar-refractivity contribution in [1.29, 1.82) is 0 Å². The summed E-state index contributed by atoms with van der Waals surface area (Å²) in [6.45, 7) is 2.89. The van der Waals surface area contributed by atoms with Gasteiger partial charge < -0.3 is 33.7 Å². The summed E-state index contributed by atoms with van der Waals surface area (Å²) in [6.07, 6.45) is 1.02. The van der Waals surface area contributed by atoms with Gasteiger partial charge in [-0.2, -0.15) is 0 Å². The zero-order chi connectivity index (χ0) is 30.6. The largest absolute Gasteiger partial charge is 0.493 e. The topological polar surface area (TPSA) is 132 Å². The van der Waals surface area contributed by atoms with Crippen LogP contribution in [0, 0.1) is 0 Å². The van der Waals surface area contributed by atoms with Gasteiger partial charge in [0.25, 0.3) is 5.91 Å². The van der Waals surface area contributed by atoms with Crippen molar-refractivity contribution in [3.63, 3.8) is 0 Å². The molecule has 2 heterocycles. The molecule has 0 radical (unpaired) electrons. The number of cyclic esters (lactones) is 1. The first-order valence-electron chi connectivity index (χ1n) is 14.0. The number of carbonyl (C=O) groups excluding carboxylic acids is 3. The number of esters is 2. The lowest BCUT2D eigenvalue weighted by Gasteiger charge is -2.31. The highest BCUT2D eigenvalue weighted by Crippen LogP contribution is 2.30. The molecule has 0 aliphatic carbocycles. The Balaban J connectivity index is 1.51. The van der Waals surface area contributed by atoms with Crippen LogP contribution in [0.4, 0.5) is 0 Å². The fourth-order valence-electron chi connectivity index (χ4n) is 4.65. The highest BCUT2D eigenvalue weighted by atomic mass is 16.7. The van der Waals surface area contributed by atoms with E-state index >= 15 is 0 Å². The molecular weight excluding hydrogens is 556 g/mol. The number of hydrogen-bond acceptors (Lipinski definition) is 10. The molecule has 4 atom stereocenters. The summed E-state index contributed by atoms with van der Waals surface area (Å²) < 4.78 is 34.2. The number of rotatable bonds is 11. The molecule has 11 nitrogen and oxygen atoms in total. The smallest absolute Gasteiger partial charge is 0.329 e. The van der Waals surface area contributed by atoms with Crippen LogP contribution < -0.4 is 19.5 Å². The highest BCUT2D eigenvalue weighted by Gasteiger charge is 2.37. The van der Waals surface area contributed by atoms with Gasteiger partial charge in [-0.05, 0) is 43.9 Å². The van der Waals surface area contributed by atoms with E-state index in [-0.39, 0.29) is 23.6 Å². The third kappa shape index (κ3) is 8.92. The fourth-order valence-corrected chi connectivity index (χ4v) is 4.65. The lowest BCUT2D eigenvalue weighted by Crippen LogP contribution is -2.46.